The third kappa shape index (κ3) is 5.24. The van der Waals surface area contributed by atoms with E-state index in [1.54, 1.807) is 30.3 Å². The largest absolute Gasteiger partial charge is 0.416 e. The Balaban J connectivity index is 1.82. The minimum absolute atomic E-state index is 0.0665. The van der Waals surface area contributed by atoms with E-state index < -0.39 is 11.7 Å². The van der Waals surface area contributed by atoms with Crippen LogP contribution in [0.2, 0.25) is 0 Å². The molecule has 130 valence electrons. The van der Waals surface area contributed by atoms with Crippen LogP contribution >= 0.6 is 0 Å². The molecule has 2 aromatic carbocycles. The Kier molecular flexibility index (Phi) is 6.01. The molecule has 2 N–H and O–H groups in total. The van der Waals surface area contributed by atoms with Crippen LogP contribution in [0.3, 0.4) is 0 Å². The number of nitrogens with zero attached hydrogens (tertiary/aromatic N) is 1. The quantitative estimate of drug-likeness (QED) is 0.781. The molecular weight excluding hydrogens is 331 g/mol. The van der Waals surface area contributed by atoms with Crippen molar-refractivity contribution in [1.29, 1.82) is 5.26 Å². The molecule has 0 bridgehead atoms. The molecule has 0 saturated heterocycles. The normalized spacial score (nSPS) is 10.8. The summed E-state index contributed by atoms with van der Waals surface area (Å²) in [5.74, 6) is -0.187. The van der Waals surface area contributed by atoms with E-state index in [9.17, 15) is 18.0 Å². The van der Waals surface area contributed by atoms with E-state index in [4.69, 9.17) is 5.26 Å². The zero-order valence-electron chi connectivity index (χ0n) is 13.2. The number of nitrogens with one attached hydrogen (secondary N) is 2. The number of rotatable bonds is 6. The van der Waals surface area contributed by atoms with Gasteiger partial charge >= 0.3 is 6.18 Å². The summed E-state index contributed by atoms with van der Waals surface area (Å²) in [6.07, 6.45) is -3.92. The van der Waals surface area contributed by atoms with Gasteiger partial charge in [0.15, 0.2) is 0 Å². The highest BCUT2D eigenvalue weighted by Gasteiger charge is 2.31. The molecule has 0 fully saturated rings. The van der Waals surface area contributed by atoms with Gasteiger partial charge in [0.05, 0.1) is 16.8 Å². The third-order valence-corrected chi connectivity index (χ3v) is 3.46. The fraction of sp³-hybridized carbons (Fsp3) is 0.222. The Morgan fingerprint density at radius 1 is 1.08 bits per heavy atom. The summed E-state index contributed by atoms with van der Waals surface area (Å²) in [5, 5.41) is 14.7. The highest BCUT2D eigenvalue weighted by Crippen LogP contribution is 2.31. The molecular formula is C18H16F3N3O. The van der Waals surface area contributed by atoms with Gasteiger partial charge in [-0.2, -0.15) is 18.4 Å². The molecule has 0 unspecified atom stereocenters. The summed E-state index contributed by atoms with van der Waals surface area (Å²) < 4.78 is 37.9. The lowest BCUT2D eigenvalue weighted by atomic mass is 10.1. The van der Waals surface area contributed by atoms with Crippen LogP contribution in [0.4, 0.5) is 18.9 Å². The first-order valence-corrected chi connectivity index (χ1v) is 7.60. The minimum Gasteiger partial charge on any atom is -0.384 e. The second kappa shape index (κ2) is 8.20. The Bertz CT molecular complexity index is 767. The van der Waals surface area contributed by atoms with Crippen molar-refractivity contribution in [3.63, 3.8) is 0 Å². The van der Waals surface area contributed by atoms with E-state index in [-0.39, 0.29) is 11.5 Å². The lowest BCUT2D eigenvalue weighted by Crippen LogP contribution is -2.25. The molecule has 0 aromatic heterocycles. The van der Waals surface area contributed by atoms with Crippen molar-refractivity contribution in [1.82, 2.24) is 5.32 Å². The van der Waals surface area contributed by atoms with Crippen molar-refractivity contribution < 1.29 is 18.0 Å². The highest BCUT2D eigenvalue weighted by atomic mass is 19.4. The summed E-state index contributed by atoms with van der Waals surface area (Å²) in [4.78, 5) is 11.8. The van der Waals surface area contributed by atoms with Crippen LogP contribution in [0.15, 0.2) is 48.5 Å². The molecule has 0 atom stereocenters. The lowest BCUT2D eigenvalue weighted by molar-refractivity contribution is -0.137. The van der Waals surface area contributed by atoms with E-state index in [1.165, 1.54) is 6.07 Å². The summed E-state index contributed by atoms with van der Waals surface area (Å²) >= 11 is 0. The topological polar surface area (TPSA) is 64.9 Å². The van der Waals surface area contributed by atoms with E-state index in [2.05, 4.69) is 10.6 Å². The second-order valence-corrected chi connectivity index (χ2v) is 5.27. The Morgan fingerprint density at radius 3 is 2.44 bits per heavy atom. The number of carbonyl (C=O) groups is 1. The van der Waals surface area contributed by atoms with Crippen molar-refractivity contribution in [2.45, 2.75) is 12.6 Å². The van der Waals surface area contributed by atoms with Crippen LogP contribution in [-0.2, 0) is 6.18 Å². The predicted molar refractivity (Wildman–Crippen MR) is 88.0 cm³/mol. The van der Waals surface area contributed by atoms with Gasteiger partial charge < -0.3 is 10.6 Å². The monoisotopic (exact) mass is 347 g/mol. The predicted octanol–water partition coefficient (Wildman–Crippen LogP) is 3.81. The molecule has 0 heterocycles. The third-order valence-electron chi connectivity index (χ3n) is 3.46. The number of hydrogen-bond donors (Lipinski definition) is 2. The van der Waals surface area contributed by atoms with Gasteiger partial charge in [-0.3, -0.25) is 4.79 Å². The number of halogens is 3. The standard InChI is InChI=1S/C18H16F3N3O/c19-18(20,21)15-7-8-16(14(11-15)12-22)23-9-4-10-24-17(25)13-5-2-1-3-6-13/h1-3,5-8,11,23H,4,9-10H2,(H,24,25). The Hall–Kier alpha value is -3.01. The molecule has 0 aliphatic carbocycles. The first-order valence-electron chi connectivity index (χ1n) is 7.60. The molecule has 0 aliphatic rings. The van der Waals surface area contributed by atoms with Crippen molar-refractivity contribution in [3.8, 4) is 6.07 Å². The van der Waals surface area contributed by atoms with Crippen LogP contribution < -0.4 is 10.6 Å². The molecule has 0 saturated carbocycles. The maximum Gasteiger partial charge on any atom is 0.416 e. The Labute approximate surface area is 143 Å². The summed E-state index contributed by atoms with van der Waals surface area (Å²) in [6.45, 7) is 0.818. The van der Waals surface area contributed by atoms with E-state index >= 15 is 0 Å². The van der Waals surface area contributed by atoms with Gasteiger partial charge in [0, 0.05) is 18.7 Å². The van der Waals surface area contributed by atoms with E-state index in [1.807, 2.05) is 6.07 Å². The molecule has 0 aliphatic heterocycles. The van der Waals surface area contributed by atoms with Crippen molar-refractivity contribution >= 4 is 11.6 Å². The van der Waals surface area contributed by atoms with Crippen LogP contribution in [0.5, 0.6) is 0 Å². The van der Waals surface area contributed by atoms with Gasteiger partial charge in [-0.05, 0) is 36.8 Å². The highest BCUT2D eigenvalue weighted by molar-refractivity contribution is 5.94. The Morgan fingerprint density at radius 2 is 1.80 bits per heavy atom. The molecule has 7 heteroatoms. The average Bonchev–Trinajstić information content (AvgIpc) is 2.61. The van der Waals surface area contributed by atoms with Gasteiger partial charge in [0.2, 0.25) is 0 Å². The minimum atomic E-state index is -4.48. The molecule has 25 heavy (non-hydrogen) atoms. The summed E-state index contributed by atoms with van der Waals surface area (Å²) in [5.41, 5.74) is -0.0253. The summed E-state index contributed by atoms with van der Waals surface area (Å²) in [7, 11) is 0. The fourth-order valence-corrected chi connectivity index (χ4v) is 2.17. The van der Waals surface area contributed by atoms with Gasteiger partial charge in [-0.25, -0.2) is 0 Å². The van der Waals surface area contributed by atoms with Crippen LogP contribution in [0.1, 0.15) is 27.9 Å². The van der Waals surface area contributed by atoms with Gasteiger partial charge in [0.25, 0.3) is 5.91 Å². The van der Waals surface area contributed by atoms with E-state index in [0.29, 0.717) is 30.8 Å². The molecule has 4 nitrogen and oxygen atoms in total. The second-order valence-electron chi connectivity index (χ2n) is 5.27. The molecule has 0 spiro atoms. The van der Waals surface area contributed by atoms with Gasteiger partial charge in [0.1, 0.15) is 6.07 Å². The first-order chi connectivity index (χ1) is 11.9. The number of hydrogen-bond acceptors (Lipinski definition) is 3. The number of amides is 1. The van der Waals surface area contributed by atoms with Crippen molar-refractivity contribution in [2.75, 3.05) is 18.4 Å². The fourth-order valence-electron chi connectivity index (χ4n) is 2.17. The number of nitriles is 1. The SMILES string of the molecule is N#Cc1cc(C(F)(F)F)ccc1NCCCNC(=O)c1ccccc1. The van der Waals surface area contributed by atoms with Crippen LogP contribution in [-0.4, -0.2) is 19.0 Å². The van der Waals surface area contributed by atoms with Gasteiger partial charge in [-0.1, -0.05) is 18.2 Å². The number of anilines is 1. The van der Waals surface area contributed by atoms with Crippen LogP contribution in [0.25, 0.3) is 0 Å². The van der Waals surface area contributed by atoms with E-state index in [0.717, 1.165) is 12.1 Å². The zero-order valence-corrected chi connectivity index (χ0v) is 13.2. The van der Waals surface area contributed by atoms with Crippen molar-refractivity contribution in [2.24, 2.45) is 0 Å². The average molecular weight is 347 g/mol. The number of carbonyl (C=O) groups excluding carboxylic acids is 1. The summed E-state index contributed by atoms with van der Waals surface area (Å²) in [6, 6.07) is 13.5. The van der Waals surface area contributed by atoms with Crippen LogP contribution in [0, 0.1) is 11.3 Å². The molecule has 2 aromatic rings. The smallest absolute Gasteiger partial charge is 0.384 e. The molecule has 0 radical (unpaired) electrons. The lowest BCUT2D eigenvalue weighted by Gasteiger charge is -2.12. The first kappa shape index (κ1) is 18.3. The maximum absolute atomic E-state index is 12.6. The number of benzene rings is 2. The number of alkyl halides is 3. The molecule has 1 amide bonds. The maximum atomic E-state index is 12.6. The zero-order chi connectivity index (χ0) is 18.3. The van der Waals surface area contributed by atoms with Gasteiger partial charge in [-0.15, -0.1) is 0 Å². The molecule has 2 rings (SSSR count). The van der Waals surface area contributed by atoms with Crippen molar-refractivity contribution in [3.05, 3.63) is 65.2 Å².